The maximum absolute atomic E-state index is 11.9. The summed E-state index contributed by atoms with van der Waals surface area (Å²) >= 11 is 1.43. The van der Waals surface area contributed by atoms with Crippen molar-refractivity contribution in [1.82, 2.24) is 9.55 Å². The lowest BCUT2D eigenvalue weighted by Gasteiger charge is -2.19. The van der Waals surface area contributed by atoms with Gasteiger partial charge in [-0.25, -0.2) is 9.78 Å². The Labute approximate surface area is 99.4 Å². The third kappa shape index (κ3) is 2.69. The highest BCUT2D eigenvalue weighted by Crippen LogP contribution is 2.22. The molecule has 0 atom stereocenters. The fraction of sp³-hybridized carbons (Fsp3) is 0.600. The number of rotatable bonds is 2. The van der Waals surface area contributed by atoms with Crippen LogP contribution in [0.15, 0.2) is 5.16 Å². The van der Waals surface area contributed by atoms with Gasteiger partial charge in [-0.1, -0.05) is 11.8 Å². The van der Waals surface area contributed by atoms with Gasteiger partial charge in [0.15, 0.2) is 16.7 Å². The number of carbonyl (C=O) groups is 1. The normalized spacial score (nSPS) is 11.6. The molecule has 1 heterocycles. The molecule has 0 aliphatic rings. The predicted octanol–water partition coefficient (Wildman–Crippen LogP) is 1.68. The molecule has 0 spiro atoms. The summed E-state index contributed by atoms with van der Waals surface area (Å²) < 4.78 is 6.90. The molecule has 16 heavy (non-hydrogen) atoms. The number of thioether (sulfide) groups is 1. The highest BCUT2D eigenvalue weighted by Gasteiger charge is 2.24. The molecule has 0 unspecified atom stereocenters. The van der Waals surface area contributed by atoms with E-state index >= 15 is 0 Å². The van der Waals surface area contributed by atoms with Crippen LogP contribution in [0.5, 0.6) is 0 Å². The van der Waals surface area contributed by atoms with Gasteiger partial charge in [0.1, 0.15) is 5.60 Å². The van der Waals surface area contributed by atoms with Crippen molar-refractivity contribution >= 4 is 23.5 Å². The van der Waals surface area contributed by atoms with E-state index in [2.05, 4.69) is 4.98 Å². The van der Waals surface area contributed by atoms with Crippen LogP contribution in [0, 0.1) is 0 Å². The van der Waals surface area contributed by atoms with Gasteiger partial charge >= 0.3 is 5.97 Å². The van der Waals surface area contributed by atoms with E-state index in [1.807, 2.05) is 27.0 Å². The second kappa shape index (κ2) is 4.37. The van der Waals surface area contributed by atoms with E-state index < -0.39 is 11.6 Å². The summed E-state index contributed by atoms with van der Waals surface area (Å²) in [6.45, 7) is 5.44. The molecular weight excluding hydrogens is 226 g/mol. The summed E-state index contributed by atoms with van der Waals surface area (Å²) in [6.07, 6.45) is 1.88. The first-order valence-electron chi connectivity index (χ1n) is 4.86. The fourth-order valence-electron chi connectivity index (χ4n) is 1.25. The second-order valence-electron chi connectivity index (χ2n) is 4.39. The van der Waals surface area contributed by atoms with E-state index in [1.54, 1.807) is 11.6 Å². The molecule has 2 N–H and O–H groups in total. The molecule has 0 aliphatic heterocycles. The quantitative estimate of drug-likeness (QED) is 0.632. The first kappa shape index (κ1) is 12.9. The Morgan fingerprint density at radius 2 is 2.06 bits per heavy atom. The Balaban J connectivity index is 3.04. The largest absolute Gasteiger partial charge is 0.455 e. The van der Waals surface area contributed by atoms with Gasteiger partial charge in [-0.3, -0.25) is 0 Å². The van der Waals surface area contributed by atoms with Crippen molar-refractivity contribution in [2.45, 2.75) is 31.5 Å². The molecule has 1 aromatic heterocycles. The number of hydrogen-bond acceptors (Lipinski definition) is 5. The third-order valence-electron chi connectivity index (χ3n) is 1.86. The molecular formula is C10H17N3O2S. The number of nitrogens with zero attached hydrogens (tertiary/aromatic N) is 2. The molecule has 5 nitrogen and oxygen atoms in total. The van der Waals surface area contributed by atoms with Crippen LogP contribution in [0.4, 0.5) is 5.82 Å². The molecule has 0 aromatic carbocycles. The van der Waals surface area contributed by atoms with E-state index in [1.165, 1.54) is 11.8 Å². The number of carbonyl (C=O) groups excluding carboxylic acids is 1. The minimum Gasteiger partial charge on any atom is -0.455 e. The smallest absolute Gasteiger partial charge is 0.359 e. The number of nitrogens with two attached hydrogens (primary N) is 1. The number of anilines is 1. The Morgan fingerprint density at radius 1 is 1.50 bits per heavy atom. The van der Waals surface area contributed by atoms with E-state index in [0.29, 0.717) is 10.9 Å². The van der Waals surface area contributed by atoms with Gasteiger partial charge < -0.3 is 15.0 Å². The molecule has 0 bridgehead atoms. The van der Waals surface area contributed by atoms with E-state index in [0.717, 1.165) is 0 Å². The minimum atomic E-state index is -0.534. The van der Waals surface area contributed by atoms with Crippen LogP contribution < -0.4 is 5.73 Å². The molecule has 6 heteroatoms. The van der Waals surface area contributed by atoms with Gasteiger partial charge in [-0.05, 0) is 27.0 Å². The lowest BCUT2D eigenvalue weighted by Crippen LogP contribution is -2.25. The van der Waals surface area contributed by atoms with Crippen molar-refractivity contribution in [3.63, 3.8) is 0 Å². The van der Waals surface area contributed by atoms with Crippen molar-refractivity contribution < 1.29 is 9.53 Å². The number of esters is 1. The van der Waals surface area contributed by atoms with Crippen molar-refractivity contribution in [3.8, 4) is 0 Å². The molecule has 0 fully saturated rings. The maximum atomic E-state index is 11.9. The van der Waals surface area contributed by atoms with Crippen molar-refractivity contribution in [2.24, 2.45) is 7.05 Å². The zero-order chi connectivity index (χ0) is 12.5. The van der Waals surface area contributed by atoms with Crippen molar-refractivity contribution in [3.05, 3.63) is 5.69 Å². The number of nitrogen functional groups attached to an aromatic ring is 1. The number of ether oxygens (including phenoxy) is 1. The molecule has 1 rings (SSSR count). The zero-order valence-electron chi connectivity index (χ0n) is 10.2. The summed E-state index contributed by atoms with van der Waals surface area (Å²) in [7, 11) is 1.74. The lowest BCUT2D eigenvalue weighted by atomic mass is 10.2. The topological polar surface area (TPSA) is 70.1 Å². The second-order valence-corrected chi connectivity index (χ2v) is 5.17. The van der Waals surface area contributed by atoms with Crippen LogP contribution in [0.25, 0.3) is 0 Å². The molecule has 0 saturated heterocycles. The average molecular weight is 243 g/mol. The molecule has 0 aliphatic carbocycles. The molecule has 0 radical (unpaired) electrons. The van der Waals surface area contributed by atoms with Gasteiger partial charge in [0.2, 0.25) is 0 Å². The highest BCUT2D eigenvalue weighted by atomic mass is 32.2. The van der Waals surface area contributed by atoms with Crippen LogP contribution in [0.3, 0.4) is 0 Å². The van der Waals surface area contributed by atoms with E-state index in [-0.39, 0.29) is 5.82 Å². The van der Waals surface area contributed by atoms with Gasteiger partial charge in [0.25, 0.3) is 0 Å². The SMILES string of the molecule is CSc1nc(N)c(C(=O)OC(C)(C)C)n1C. The van der Waals surface area contributed by atoms with Gasteiger partial charge in [0, 0.05) is 7.05 Å². The highest BCUT2D eigenvalue weighted by molar-refractivity contribution is 7.98. The Morgan fingerprint density at radius 3 is 2.44 bits per heavy atom. The van der Waals surface area contributed by atoms with Crippen LogP contribution in [-0.2, 0) is 11.8 Å². The zero-order valence-corrected chi connectivity index (χ0v) is 11.0. The van der Waals surface area contributed by atoms with Gasteiger partial charge in [-0.2, -0.15) is 0 Å². The summed E-state index contributed by atoms with van der Waals surface area (Å²) in [5.41, 5.74) is 5.46. The number of hydrogen-bond donors (Lipinski definition) is 1. The minimum absolute atomic E-state index is 0.209. The summed E-state index contributed by atoms with van der Waals surface area (Å²) in [4.78, 5) is 15.9. The molecule has 0 saturated carbocycles. The van der Waals surface area contributed by atoms with Gasteiger partial charge in [0.05, 0.1) is 0 Å². The first-order chi connectivity index (χ1) is 7.26. The third-order valence-corrected chi connectivity index (χ3v) is 2.59. The van der Waals surface area contributed by atoms with Crippen molar-refractivity contribution in [2.75, 3.05) is 12.0 Å². The van der Waals surface area contributed by atoms with E-state index in [9.17, 15) is 4.79 Å². The standard InChI is InChI=1S/C10H17N3O2S/c1-10(2,3)15-8(14)6-7(11)12-9(16-5)13(6)4/h11H2,1-5H3. The van der Waals surface area contributed by atoms with Crippen LogP contribution in [-0.4, -0.2) is 27.4 Å². The lowest BCUT2D eigenvalue weighted by molar-refractivity contribution is 0.00595. The molecule has 0 amide bonds. The maximum Gasteiger partial charge on any atom is 0.359 e. The summed E-state index contributed by atoms with van der Waals surface area (Å²) in [6, 6.07) is 0. The number of imidazole rings is 1. The fourth-order valence-corrected chi connectivity index (χ4v) is 1.80. The van der Waals surface area contributed by atoms with Crippen LogP contribution in [0.2, 0.25) is 0 Å². The molecule has 90 valence electrons. The average Bonchev–Trinajstić information content (AvgIpc) is 2.38. The molecule has 1 aromatic rings. The summed E-state index contributed by atoms with van der Waals surface area (Å²) in [5, 5.41) is 0.693. The monoisotopic (exact) mass is 243 g/mol. The van der Waals surface area contributed by atoms with Crippen LogP contribution >= 0.6 is 11.8 Å². The summed E-state index contributed by atoms with van der Waals surface area (Å²) in [5.74, 6) is -0.235. The van der Waals surface area contributed by atoms with Gasteiger partial charge in [-0.15, -0.1) is 0 Å². The van der Waals surface area contributed by atoms with Crippen molar-refractivity contribution in [1.29, 1.82) is 0 Å². The predicted molar refractivity (Wildman–Crippen MR) is 64.6 cm³/mol. The first-order valence-corrected chi connectivity index (χ1v) is 6.08. The van der Waals surface area contributed by atoms with Crippen LogP contribution in [0.1, 0.15) is 31.3 Å². The number of aromatic nitrogens is 2. The Bertz CT molecular complexity index is 407. The Kier molecular flexibility index (Phi) is 3.52. The van der Waals surface area contributed by atoms with E-state index in [4.69, 9.17) is 10.5 Å². The Hall–Kier alpha value is -1.17.